The van der Waals surface area contributed by atoms with Gasteiger partial charge >= 0.3 is 0 Å². The highest BCUT2D eigenvalue weighted by molar-refractivity contribution is 5.33. The zero-order valence-electron chi connectivity index (χ0n) is 9.25. The van der Waals surface area contributed by atoms with E-state index < -0.39 is 6.23 Å². The SMILES string of the molecule is C=C/C(N)=C(C)\C=C1/CC(C)=CC(O)N1. The van der Waals surface area contributed by atoms with E-state index in [4.69, 9.17) is 5.73 Å². The summed E-state index contributed by atoms with van der Waals surface area (Å²) in [6, 6.07) is 0. The van der Waals surface area contributed by atoms with Crippen LogP contribution in [-0.4, -0.2) is 11.3 Å². The molecule has 0 aromatic carbocycles. The fraction of sp³-hybridized carbons (Fsp3) is 0.333. The zero-order valence-corrected chi connectivity index (χ0v) is 9.25. The normalized spacial score (nSPS) is 25.4. The number of aliphatic hydroxyl groups excluding tert-OH is 1. The summed E-state index contributed by atoms with van der Waals surface area (Å²) in [5.74, 6) is 0. The van der Waals surface area contributed by atoms with Crippen molar-refractivity contribution in [1.29, 1.82) is 0 Å². The highest BCUT2D eigenvalue weighted by Crippen LogP contribution is 2.17. The molecule has 0 fully saturated rings. The van der Waals surface area contributed by atoms with Crippen molar-refractivity contribution < 1.29 is 5.11 Å². The Bertz CT molecular complexity index is 351. The van der Waals surface area contributed by atoms with Gasteiger partial charge in [-0.05, 0) is 37.6 Å². The Morgan fingerprint density at radius 2 is 2.40 bits per heavy atom. The van der Waals surface area contributed by atoms with Gasteiger partial charge in [0.05, 0.1) is 0 Å². The molecule has 0 bridgehead atoms. The molecule has 0 saturated heterocycles. The molecule has 0 saturated carbocycles. The fourth-order valence-corrected chi connectivity index (χ4v) is 1.51. The van der Waals surface area contributed by atoms with Gasteiger partial charge in [0, 0.05) is 17.8 Å². The van der Waals surface area contributed by atoms with Crippen molar-refractivity contribution >= 4 is 0 Å². The summed E-state index contributed by atoms with van der Waals surface area (Å²) in [6.07, 6.45) is 5.58. The Kier molecular flexibility index (Phi) is 3.74. The van der Waals surface area contributed by atoms with Gasteiger partial charge in [0.1, 0.15) is 6.23 Å². The Hall–Kier alpha value is -1.48. The summed E-state index contributed by atoms with van der Waals surface area (Å²) < 4.78 is 0. The molecular formula is C12H18N2O. The maximum absolute atomic E-state index is 9.46. The predicted octanol–water partition coefficient (Wildman–Crippen LogP) is 1.55. The van der Waals surface area contributed by atoms with Gasteiger partial charge in [-0.2, -0.15) is 0 Å². The lowest BCUT2D eigenvalue weighted by Crippen LogP contribution is -2.30. The van der Waals surface area contributed by atoms with Crippen LogP contribution in [0.15, 0.2) is 47.3 Å². The lowest BCUT2D eigenvalue weighted by Gasteiger charge is -2.21. The topological polar surface area (TPSA) is 58.3 Å². The monoisotopic (exact) mass is 206 g/mol. The minimum atomic E-state index is -0.595. The fourth-order valence-electron chi connectivity index (χ4n) is 1.51. The van der Waals surface area contributed by atoms with Crippen molar-refractivity contribution in [3.63, 3.8) is 0 Å². The highest BCUT2D eigenvalue weighted by atomic mass is 16.3. The van der Waals surface area contributed by atoms with Crippen molar-refractivity contribution in [3.05, 3.63) is 47.3 Å². The average molecular weight is 206 g/mol. The van der Waals surface area contributed by atoms with Crippen molar-refractivity contribution in [2.75, 3.05) is 0 Å². The van der Waals surface area contributed by atoms with E-state index in [0.29, 0.717) is 5.70 Å². The van der Waals surface area contributed by atoms with Crippen LogP contribution in [-0.2, 0) is 0 Å². The lowest BCUT2D eigenvalue weighted by molar-refractivity contribution is 0.191. The number of rotatable bonds is 2. The molecule has 1 unspecified atom stereocenters. The number of aliphatic hydroxyl groups is 1. The molecule has 3 heteroatoms. The van der Waals surface area contributed by atoms with Crippen LogP contribution < -0.4 is 11.1 Å². The van der Waals surface area contributed by atoms with Gasteiger partial charge < -0.3 is 16.2 Å². The molecule has 82 valence electrons. The van der Waals surface area contributed by atoms with Crippen LogP contribution in [0.1, 0.15) is 20.3 Å². The first-order valence-corrected chi connectivity index (χ1v) is 4.94. The standard InChI is InChI=1S/C12H18N2O/c1-4-11(13)9(3)7-10-5-8(2)6-12(15)14-10/h4,6-7,12,14-15H,1,5,13H2,2-3H3/b10-7+,11-9+. The van der Waals surface area contributed by atoms with Crippen LogP contribution in [0.25, 0.3) is 0 Å². The predicted molar refractivity (Wildman–Crippen MR) is 62.7 cm³/mol. The van der Waals surface area contributed by atoms with E-state index in [2.05, 4.69) is 11.9 Å². The molecule has 0 aliphatic carbocycles. The van der Waals surface area contributed by atoms with Crippen molar-refractivity contribution in [1.82, 2.24) is 5.32 Å². The summed E-state index contributed by atoms with van der Waals surface area (Å²) in [4.78, 5) is 0. The van der Waals surface area contributed by atoms with Gasteiger partial charge in [0.15, 0.2) is 0 Å². The van der Waals surface area contributed by atoms with Crippen LogP contribution in [0.3, 0.4) is 0 Å². The number of hydrogen-bond acceptors (Lipinski definition) is 3. The van der Waals surface area contributed by atoms with E-state index >= 15 is 0 Å². The van der Waals surface area contributed by atoms with E-state index in [-0.39, 0.29) is 0 Å². The first-order valence-electron chi connectivity index (χ1n) is 4.94. The number of allylic oxidation sites excluding steroid dienone is 4. The largest absolute Gasteiger partial charge is 0.399 e. The third-order valence-electron chi connectivity index (χ3n) is 2.31. The summed E-state index contributed by atoms with van der Waals surface area (Å²) in [6.45, 7) is 7.53. The van der Waals surface area contributed by atoms with E-state index in [1.807, 2.05) is 19.9 Å². The maximum atomic E-state index is 9.46. The molecule has 1 heterocycles. The van der Waals surface area contributed by atoms with E-state index in [1.165, 1.54) is 0 Å². The molecule has 1 atom stereocenters. The summed E-state index contributed by atoms with van der Waals surface area (Å²) >= 11 is 0. The molecule has 0 aromatic heterocycles. The summed E-state index contributed by atoms with van der Waals surface area (Å²) in [5, 5.41) is 12.4. The van der Waals surface area contributed by atoms with Crippen molar-refractivity contribution in [2.45, 2.75) is 26.5 Å². The molecule has 3 nitrogen and oxygen atoms in total. The molecule has 0 amide bonds. The Labute approximate surface area is 90.7 Å². The highest BCUT2D eigenvalue weighted by Gasteiger charge is 2.10. The molecule has 0 spiro atoms. The van der Waals surface area contributed by atoms with Crippen LogP contribution in [0.4, 0.5) is 0 Å². The Morgan fingerprint density at radius 3 is 2.93 bits per heavy atom. The minimum Gasteiger partial charge on any atom is -0.399 e. The molecule has 1 rings (SSSR count). The van der Waals surface area contributed by atoms with Crippen molar-refractivity contribution in [2.24, 2.45) is 5.73 Å². The first kappa shape index (κ1) is 11.6. The van der Waals surface area contributed by atoms with Gasteiger partial charge in [-0.1, -0.05) is 12.2 Å². The average Bonchev–Trinajstić information content (AvgIpc) is 2.14. The van der Waals surface area contributed by atoms with Gasteiger partial charge in [-0.15, -0.1) is 0 Å². The molecule has 0 radical (unpaired) electrons. The Balaban J connectivity index is 2.87. The second-order valence-electron chi connectivity index (χ2n) is 3.79. The Morgan fingerprint density at radius 1 is 1.73 bits per heavy atom. The van der Waals surface area contributed by atoms with E-state index in [0.717, 1.165) is 23.3 Å². The van der Waals surface area contributed by atoms with Gasteiger partial charge in [-0.3, -0.25) is 0 Å². The van der Waals surface area contributed by atoms with Crippen LogP contribution in [0.2, 0.25) is 0 Å². The van der Waals surface area contributed by atoms with E-state index in [9.17, 15) is 5.11 Å². The quantitative estimate of drug-likeness (QED) is 0.474. The van der Waals surface area contributed by atoms with Gasteiger partial charge in [0.25, 0.3) is 0 Å². The number of hydrogen-bond donors (Lipinski definition) is 3. The zero-order chi connectivity index (χ0) is 11.4. The molecular weight excluding hydrogens is 188 g/mol. The lowest BCUT2D eigenvalue weighted by atomic mass is 10.0. The second-order valence-corrected chi connectivity index (χ2v) is 3.79. The molecule has 1 aliphatic rings. The molecule has 1 aliphatic heterocycles. The smallest absolute Gasteiger partial charge is 0.143 e. The molecule has 4 N–H and O–H groups in total. The summed E-state index contributed by atoms with van der Waals surface area (Å²) in [5.41, 5.74) is 9.45. The third kappa shape index (κ3) is 3.29. The number of nitrogens with one attached hydrogen (secondary N) is 1. The van der Waals surface area contributed by atoms with Gasteiger partial charge in [-0.25, -0.2) is 0 Å². The molecule has 0 aromatic rings. The minimum absolute atomic E-state index is 0.595. The van der Waals surface area contributed by atoms with E-state index in [1.54, 1.807) is 12.2 Å². The third-order valence-corrected chi connectivity index (χ3v) is 2.31. The summed E-state index contributed by atoms with van der Waals surface area (Å²) in [7, 11) is 0. The first-order chi connectivity index (χ1) is 7.02. The maximum Gasteiger partial charge on any atom is 0.143 e. The second kappa shape index (κ2) is 4.84. The van der Waals surface area contributed by atoms with Crippen molar-refractivity contribution in [3.8, 4) is 0 Å². The van der Waals surface area contributed by atoms with Crippen LogP contribution >= 0.6 is 0 Å². The van der Waals surface area contributed by atoms with Crippen LogP contribution in [0.5, 0.6) is 0 Å². The molecule has 15 heavy (non-hydrogen) atoms. The van der Waals surface area contributed by atoms with Gasteiger partial charge in [0.2, 0.25) is 0 Å². The number of nitrogens with two attached hydrogens (primary N) is 1. The van der Waals surface area contributed by atoms with Crippen LogP contribution in [0, 0.1) is 0 Å².